The number of nitrogens with two attached hydrogens (primary N) is 1. The number of nitrogens with zero attached hydrogens (tertiary/aromatic N) is 2. The molecular formula is C27H25Cl2N7O. The molecule has 37 heavy (non-hydrogen) atoms. The van der Waals surface area contributed by atoms with Crippen molar-refractivity contribution in [2.24, 2.45) is 0 Å². The van der Waals surface area contributed by atoms with Gasteiger partial charge in [0, 0.05) is 28.2 Å². The van der Waals surface area contributed by atoms with Gasteiger partial charge in [0.1, 0.15) is 16.7 Å². The van der Waals surface area contributed by atoms with Crippen molar-refractivity contribution in [3.8, 4) is 11.3 Å². The summed E-state index contributed by atoms with van der Waals surface area (Å²) in [5.74, 6) is 0.568. The van der Waals surface area contributed by atoms with E-state index in [-0.39, 0.29) is 12.6 Å². The second-order valence-corrected chi connectivity index (χ2v) is 9.52. The van der Waals surface area contributed by atoms with Crippen LogP contribution < -0.4 is 16.4 Å². The van der Waals surface area contributed by atoms with Crippen LogP contribution in [0.3, 0.4) is 0 Å². The molecule has 6 N–H and O–H groups in total. The van der Waals surface area contributed by atoms with Crippen LogP contribution >= 0.6 is 23.2 Å². The summed E-state index contributed by atoms with van der Waals surface area (Å²) in [7, 11) is 0. The molecule has 2 aromatic heterocycles. The number of aryl methyl sites for hydroxylation is 1. The van der Waals surface area contributed by atoms with Crippen molar-refractivity contribution in [2.45, 2.75) is 25.4 Å². The average molecular weight is 534 g/mol. The van der Waals surface area contributed by atoms with E-state index in [1.54, 1.807) is 24.4 Å². The number of nitrogens with one attached hydrogen (secondary N) is 4. The predicted molar refractivity (Wildman–Crippen MR) is 147 cm³/mol. The number of halogens is 2. The molecule has 0 aliphatic carbocycles. The van der Waals surface area contributed by atoms with E-state index in [2.05, 4.69) is 37.9 Å². The van der Waals surface area contributed by atoms with Crippen molar-refractivity contribution >= 4 is 45.8 Å². The van der Waals surface area contributed by atoms with E-state index in [0.717, 1.165) is 34.0 Å². The van der Waals surface area contributed by atoms with Crippen molar-refractivity contribution in [3.63, 3.8) is 0 Å². The maximum absolute atomic E-state index is 12.9. The van der Waals surface area contributed by atoms with Crippen LogP contribution in [-0.2, 0) is 13.0 Å². The van der Waals surface area contributed by atoms with E-state index < -0.39 is 6.04 Å². The number of aromatic amines is 2. The number of hydrogen-bond acceptors (Lipinski definition) is 4. The second-order valence-electron chi connectivity index (χ2n) is 8.70. The Balaban J connectivity index is 1.36. The fraction of sp³-hybridized carbons (Fsp3) is 0.148. The van der Waals surface area contributed by atoms with Crippen LogP contribution in [0.4, 0.5) is 10.5 Å². The fourth-order valence-electron chi connectivity index (χ4n) is 4.15. The van der Waals surface area contributed by atoms with Gasteiger partial charge < -0.3 is 21.4 Å². The molecule has 0 saturated heterocycles. The highest BCUT2D eigenvalue weighted by Gasteiger charge is 2.21. The predicted octanol–water partition coefficient (Wildman–Crippen LogP) is 6.02. The number of fused-ring (bicyclic) bond motifs is 1. The van der Waals surface area contributed by atoms with Gasteiger partial charge in [-0.2, -0.15) is 5.10 Å². The lowest BCUT2D eigenvalue weighted by molar-refractivity contribution is 0.235. The average Bonchev–Trinajstić information content (AvgIpc) is 3.53. The highest BCUT2D eigenvalue weighted by atomic mass is 35.5. The van der Waals surface area contributed by atoms with Crippen LogP contribution in [0.15, 0.2) is 72.9 Å². The molecule has 0 bridgehead atoms. The van der Waals surface area contributed by atoms with Gasteiger partial charge in [-0.1, -0.05) is 65.7 Å². The van der Waals surface area contributed by atoms with Crippen molar-refractivity contribution in [1.29, 1.82) is 0 Å². The smallest absolute Gasteiger partial charge is 0.315 e. The Morgan fingerprint density at radius 3 is 2.73 bits per heavy atom. The van der Waals surface area contributed by atoms with Crippen molar-refractivity contribution in [1.82, 2.24) is 30.8 Å². The fourth-order valence-corrected chi connectivity index (χ4v) is 4.60. The molecule has 1 atom stereocenters. The number of H-pyrrole nitrogens is 2. The first-order valence-corrected chi connectivity index (χ1v) is 12.5. The Bertz CT molecular complexity index is 1530. The third-order valence-electron chi connectivity index (χ3n) is 6.14. The molecular weight excluding hydrogens is 509 g/mol. The zero-order valence-corrected chi connectivity index (χ0v) is 21.3. The number of amides is 2. The van der Waals surface area contributed by atoms with Gasteiger partial charge in [-0.15, -0.1) is 0 Å². The molecule has 5 aromatic rings. The van der Waals surface area contributed by atoms with Gasteiger partial charge in [0.15, 0.2) is 0 Å². The summed E-state index contributed by atoms with van der Waals surface area (Å²) in [4.78, 5) is 20.8. The number of hydrogen-bond donors (Lipinski definition) is 5. The van der Waals surface area contributed by atoms with Gasteiger partial charge in [-0.25, -0.2) is 9.78 Å². The zero-order chi connectivity index (χ0) is 25.8. The first-order chi connectivity index (χ1) is 18.0. The largest absolute Gasteiger partial charge is 0.398 e. The van der Waals surface area contributed by atoms with Gasteiger partial charge >= 0.3 is 6.03 Å². The highest BCUT2D eigenvalue weighted by Crippen LogP contribution is 2.30. The number of rotatable bonds is 8. The lowest BCUT2D eigenvalue weighted by Gasteiger charge is -2.18. The molecule has 0 saturated carbocycles. The van der Waals surface area contributed by atoms with E-state index in [4.69, 9.17) is 33.9 Å². The van der Waals surface area contributed by atoms with E-state index in [1.807, 2.05) is 36.4 Å². The molecule has 0 radical (unpaired) electrons. The molecule has 3 aromatic carbocycles. The molecule has 0 aliphatic rings. The molecule has 0 unspecified atom stereocenters. The van der Waals surface area contributed by atoms with Crippen LogP contribution in [-0.4, -0.2) is 26.2 Å². The van der Waals surface area contributed by atoms with E-state index in [9.17, 15) is 4.79 Å². The first kappa shape index (κ1) is 24.7. The van der Waals surface area contributed by atoms with Crippen molar-refractivity contribution in [2.75, 3.05) is 5.73 Å². The van der Waals surface area contributed by atoms with Crippen molar-refractivity contribution in [3.05, 3.63) is 100 Å². The third-order valence-corrected chi connectivity index (χ3v) is 6.65. The lowest BCUT2D eigenvalue weighted by atomic mass is 10.0. The standard InChI is InChI=1S/C27H25Cl2N7O/c28-20-9-10-21(30)19(12-20)14-31-27(37)33-22(11-6-16-4-2-1-3-5-16)26-34-24(25(29)35-26)17-7-8-18-15-32-36-23(18)13-17/h1-5,7-10,12-13,15,22H,6,11,14,30H2,(H,32,36)(H,34,35)(H2,31,33,37)/t22-/m0/s1. The summed E-state index contributed by atoms with van der Waals surface area (Å²) in [6, 6.07) is 20.3. The summed E-state index contributed by atoms with van der Waals surface area (Å²) >= 11 is 12.7. The van der Waals surface area contributed by atoms with Gasteiger partial charge in [0.25, 0.3) is 0 Å². The Labute approximate surface area is 223 Å². The highest BCUT2D eigenvalue weighted by molar-refractivity contribution is 6.32. The Kier molecular flexibility index (Phi) is 7.30. The van der Waals surface area contributed by atoms with Crippen LogP contribution in [0, 0.1) is 0 Å². The number of benzene rings is 3. The monoisotopic (exact) mass is 533 g/mol. The molecule has 2 amide bonds. The number of anilines is 1. The molecule has 188 valence electrons. The number of carbonyl (C=O) groups excluding carboxylic acids is 1. The number of urea groups is 1. The number of carbonyl (C=O) groups is 1. The molecule has 0 fully saturated rings. The van der Waals surface area contributed by atoms with E-state index >= 15 is 0 Å². The minimum Gasteiger partial charge on any atom is -0.398 e. The first-order valence-electron chi connectivity index (χ1n) is 11.8. The van der Waals surface area contributed by atoms with Crippen LogP contribution in [0.2, 0.25) is 10.2 Å². The topological polar surface area (TPSA) is 125 Å². The lowest BCUT2D eigenvalue weighted by Crippen LogP contribution is -2.38. The van der Waals surface area contributed by atoms with Gasteiger partial charge in [0.05, 0.1) is 17.8 Å². The minimum atomic E-state index is -0.418. The third kappa shape index (κ3) is 5.87. The maximum atomic E-state index is 12.9. The normalized spacial score (nSPS) is 11.9. The molecule has 0 spiro atoms. The Morgan fingerprint density at radius 1 is 1.05 bits per heavy atom. The number of aromatic nitrogens is 4. The Morgan fingerprint density at radius 2 is 1.89 bits per heavy atom. The molecule has 10 heteroatoms. The summed E-state index contributed by atoms with van der Waals surface area (Å²) in [5.41, 5.74) is 10.8. The van der Waals surface area contributed by atoms with E-state index in [1.165, 1.54) is 0 Å². The number of nitrogen functional groups attached to an aromatic ring is 1. The SMILES string of the molecule is Nc1ccc(Cl)cc1CNC(=O)N[C@@H](CCc1ccccc1)c1nc(-c2ccc3cn[nH]c3c2)c(Cl)[nH]1. The van der Waals surface area contributed by atoms with Gasteiger partial charge in [-0.05, 0) is 48.2 Å². The Hall–Kier alpha value is -4.01. The van der Waals surface area contributed by atoms with Gasteiger partial charge in [-0.3, -0.25) is 5.10 Å². The van der Waals surface area contributed by atoms with Crippen LogP contribution in [0.5, 0.6) is 0 Å². The molecule has 5 rings (SSSR count). The summed E-state index contributed by atoms with van der Waals surface area (Å²) < 4.78 is 0. The number of imidazole rings is 1. The maximum Gasteiger partial charge on any atom is 0.315 e. The van der Waals surface area contributed by atoms with Crippen molar-refractivity contribution < 1.29 is 4.79 Å². The van der Waals surface area contributed by atoms with Gasteiger partial charge in [0.2, 0.25) is 0 Å². The zero-order valence-electron chi connectivity index (χ0n) is 19.8. The van der Waals surface area contributed by atoms with Crippen LogP contribution in [0.25, 0.3) is 22.2 Å². The van der Waals surface area contributed by atoms with E-state index in [0.29, 0.717) is 33.8 Å². The summed E-state index contributed by atoms with van der Waals surface area (Å²) in [6.45, 7) is 0.234. The molecule has 0 aliphatic heterocycles. The van der Waals surface area contributed by atoms with Crippen LogP contribution in [0.1, 0.15) is 29.4 Å². The quantitative estimate of drug-likeness (QED) is 0.156. The summed E-state index contributed by atoms with van der Waals surface area (Å²) in [5, 5.41) is 14.9. The minimum absolute atomic E-state index is 0.234. The molecule has 8 nitrogen and oxygen atoms in total. The molecule has 2 heterocycles. The second kappa shape index (κ2) is 10.9. The summed E-state index contributed by atoms with van der Waals surface area (Å²) in [6.07, 6.45) is 3.11.